The van der Waals surface area contributed by atoms with Crippen LogP contribution in [0.25, 0.3) is 0 Å². The molecular weight excluding hydrogens is 454 g/mol. The van der Waals surface area contributed by atoms with E-state index in [0.717, 1.165) is 27.9 Å². The first-order chi connectivity index (χ1) is 17.5. The van der Waals surface area contributed by atoms with Gasteiger partial charge in [0.25, 0.3) is 5.91 Å². The maximum absolute atomic E-state index is 13.2. The number of hydrogen-bond donors (Lipinski definition) is 4. The van der Waals surface area contributed by atoms with Crippen LogP contribution >= 0.6 is 0 Å². The standard InChI is InChI=1S/C28H29N5O3/c1-18(20-11-12-24-23(13-20)15-26(34)30-24)29-28(36)32-31-27(35)25-14-21-9-5-6-10-22(21)17-33(25)16-19-7-3-2-4-8-19/h2-13,18,25H,14-17H2,1H3,(H,30,34)(H,31,35)(H2,29,32,36). The van der Waals surface area contributed by atoms with Gasteiger partial charge in [0.1, 0.15) is 0 Å². The Hall–Kier alpha value is -4.17. The molecule has 0 radical (unpaired) electrons. The smallest absolute Gasteiger partial charge is 0.330 e. The summed E-state index contributed by atoms with van der Waals surface area (Å²) in [5.74, 6) is -0.291. The summed E-state index contributed by atoms with van der Waals surface area (Å²) in [5.41, 5.74) is 11.2. The van der Waals surface area contributed by atoms with Crippen molar-refractivity contribution in [1.82, 2.24) is 21.1 Å². The number of nitrogens with zero attached hydrogens (tertiary/aromatic N) is 1. The summed E-state index contributed by atoms with van der Waals surface area (Å²) in [5, 5.41) is 5.64. The fourth-order valence-electron chi connectivity index (χ4n) is 4.86. The summed E-state index contributed by atoms with van der Waals surface area (Å²) >= 11 is 0. The van der Waals surface area contributed by atoms with Crippen LogP contribution in [0.5, 0.6) is 0 Å². The van der Waals surface area contributed by atoms with E-state index in [2.05, 4.69) is 38.5 Å². The Bertz CT molecular complexity index is 1290. The van der Waals surface area contributed by atoms with Crippen LogP contribution in [-0.2, 0) is 35.5 Å². The van der Waals surface area contributed by atoms with Crippen molar-refractivity contribution in [1.29, 1.82) is 0 Å². The number of benzene rings is 3. The van der Waals surface area contributed by atoms with E-state index in [1.54, 1.807) is 0 Å². The molecule has 2 aliphatic heterocycles. The number of rotatable bonds is 5. The van der Waals surface area contributed by atoms with Gasteiger partial charge in [0, 0.05) is 18.8 Å². The highest BCUT2D eigenvalue weighted by Gasteiger charge is 2.31. The Morgan fingerprint density at radius 1 is 0.972 bits per heavy atom. The van der Waals surface area contributed by atoms with Crippen LogP contribution in [0, 0.1) is 0 Å². The zero-order valence-electron chi connectivity index (χ0n) is 20.1. The fraction of sp³-hybridized carbons (Fsp3) is 0.250. The van der Waals surface area contributed by atoms with Crippen molar-refractivity contribution in [3.63, 3.8) is 0 Å². The van der Waals surface area contributed by atoms with Crippen LogP contribution in [0.3, 0.4) is 0 Å². The van der Waals surface area contributed by atoms with Gasteiger partial charge in [-0.15, -0.1) is 0 Å². The molecule has 2 aliphatic rings. The first-order valence-electron chi connectivity index (χ1n) is 12.1. The van der Waals surface area contributed by atoms with Gasteiger partial charge in [-0.1, -0.05) is 66.7 Å². The second-order valence-corrected chi connectivity index (χ2v) is 9.33. The Labute approximate surface area is 210 Å². The lowest BCUT2D eigenvalue weighted by atomic mass is 9.93. The molecule has 5 rings (SSSR count). The van der Waals surface area contributed by atoms with Crippen molar-refractivity contribution < 1.29 is 14.4 Å². The van der Waals surface area contributed by atoms with Crippen LogP contribution in [0.4, 0.5) is 10.5 Å². The Balaban J connectivity index is 1.21. The maximum atomic E-state index is 13.2. The van der Waals surface area contributed by atoms with Crippen molar-refractivity contribution in [3.8, 4) is 0 Å². The largest absolute Gasteiger partial charge is 0.333 e. The predicted octanol–water partition coefficient (Wildman–Crippen LogP) is 3.20. The third-order valence-electron chi connectivity index (χ3n) is 6.78. The van der Waals surface area contributed by atoms with Crippen LogP contribution in [0.1, 0.15) is 40.8 Å². The second-order valence-electron chi connectivity index (χ2n) is 9.33. The zero-order chi connectivity index (χ0) is 25.1. The summed E-state index contributed by atoms with van der Waals surface area (Å²) in [6.45, 7) is 3.14. The zero-order valence-corrected chi connectivity index (χ0v) is 20.1. The van der Waals surface area contributed by atoms with Gasteiger partial charge in [0.2, 0.25) is 5.91 Å². The van der Waals surface area contributed by atoms with E-state index < -0.39 is 12.1 Å². The van der Waals surface area contributed by atoms with E-state index in [9.17, 15) is 14.4 Å². The van der Waals surface area contributed by atoms with Gasteiger partial charge in [-0.05, 0) is 47.2 Å². The molecule has 36 heavy (non-hydrogen) atoms. The SMILES string of the molecule is CC(NC(=O)NNC(=O)C1Cc2ccccc2CN1Cc1ccccc1)c1ccc2c(c1)CC(=O)N2. The van der Waals surface area contributed by atoms with Gasteiger partial charge < -0.3 is 10.6 Å². The number of anilines is 1. The quantitative estimate of drug-likeness (QED) is 0.419. The molecule has 0 fully saturated rings. The third-order valence-corrected chi connectivity index (χ3v) is 6.78. The van der Waals surface area contributed by atoms with Crippen LogP contribution in [-0.4, -0.2) is 28.8 Å². The van der Waals surface area contributed by atoms with E-state index in [-0.39, 0.29) is 17.9 Å². The van der Waals surface area contributed by atoms with Gasteiger partial charge in [-0.2, -0.15) is 0 Å². The minimum absolute atomic E-state index is 0.0325. The Morgan fingerprint density at radius 2 is 1.72 bits per heavy atom. The molecule has 8 nitrogen and oxygen atoms in total. The molecule has 2 heterocycles. The highest BCUT2D eigenvalue weighted by atomic mass is 16.2. The van der Waals surface area contributed by atoms with E-state index >= 15 is 0 Å². The lowest BCUT2D eigenvalue weighted by Gasteiger charge is -2.36. The summed E-state index contributed by atoms with van der Waals surface area (Å²) in [4.78, 5) is 39.5. The summed E-state index contributed by atoms with van der Waals surface area (Å²) in [6, 6.07) is 22.6. The van der Waals surface area contributed by atoms with Crippen molar-refractivity contribution >= 4 is 23.5 Å². The van der Waals surface area contributed by atoms with Crippen molar-refractivity contribution in [2.24, 2.45) is 0 Å². The maximum Gasteiger partial charge on any atom is 0.333 e. The van der Waals surface area contributed by atoms with E-state index in [1.165, 1.54) is 5.56 Å². The third kappa shape index (κ3) is 5.23. The normalized spacial score (nSPS) is 17.4. The second kappa shape index (κ2) is 10.2. The van der Waals surface area contributed by atoms with Crippen molar-refractivity contribution in [3.05, 3.63) is 101 Å². The van der Waals surface area contributed by atoms with Gasteiger partial charge >= 0.3 is 6.03 Å². The van der Waals surface area contributed by atoms with E-state index in [4.69, 9.17) is 0 Å². The number of hydrazine groups is 1. The monoisotopic (exact) mass is 483 g/mol. The summed E-state index contributed by atoms with van der Waals surface area (Å²) in [7, 11) is 0. The van der Waals surface area contributed by atoms with Crippen LogP contribution in [0.15, 0.2) is 72.8 Å². The minimum Gasteiger partial charge on any atom is -0.330 e. The molecular formula is C28H29N5O3. The van der Waals surface area contributed by atoms with E-state index in [0.29, 0.717) is 25.9 Å². The van der Waals surface area contributed by atoms with Crippen LogP contribution in [0.2, 0.25) is 0 Å². The Kier molecular flexibility index (Phi) is 6.69. The molecule has 0 saturated carbocycles. The van der Waals surface area contributed by atoms with Crippen molar-refractivity contribution in [2.45, 2.75) is 44.9 Å². The van der Waals surface area contributed by atoms with Gasteiger partial charge in [0.05, 0.1) is 18.5 Å². The minimum atomic E-state index is -0.503. The molecule has 2 atom stereocenters. The number of carbonyl (C=O) groups excluding carboxylic acids is 3. The molecule has 0 bridgehead atoms. The number of hydrogen-bond acceptors (Lipinski definition) is 4. The van der Waals surface area contributed by atoms with Gasteiger partial charge in [-0.25, -0.2) is 10.2 Å². The molecule has 0 saturated heterocycles. The molecule has 0 aromatic heterocycles. The molecule has 3 aromatic carbocycles. The number of amides is 4. The predicted molar refractivity (Wildman–Crippen MR) is 137 cm³/mol. The number of fused-ring (bicyclic) bond motifs is 2. The molecule has 2 unspecified atom stereocenters. The average Bonchev–Trinajstić information content (AvgIpc) is 3.26. The highest BCUT2D eigenvalue weighted by molar-refractivity contribution is 5.99. The molecule has 3 aromatic rings. The first-order valence-corrected chi connectivity index (χ1v) is 12.1. The topological polar surface area (TPSA) is 103 Å². The summed E-state index contributed by atoms with van der Waals surface area (Å²) in [6.07, 6.45) is 0.901. The molecule has 0 aliphatic carbocycles. The molecule has 4 amide bonds. The lowest BCUT2D eigenvalue weighted by Crippen LogP contribution is -2.55. The van der Waals surface area contributed by atoms with Gasteiger partial charge in [0.15, 0.2) is 0 Å². The van der Waals surface area contributed by atoms with Crippen LogP contribution < -0.4 is 21.5 Å². The Morgan fingerprint density at radius 3 is 2.53 bits per heavy atom. The fourth-order valence-corrected chi connectivity index (χ4v) is 4.86. The molecule has 8 heteroatoms. The number of urea groups is 1. The van der Waals surface area contributed by atoms with Crippen molar-refractivity contribution in [2.75, 3.05) is 5.32 Å². The van der Waals surface area contributed by atoms with E-state index in [1.807, 2.05) is 67.6 Å². The average molecular weight is 484 g/mol. The highest BCUT2D eigenvalue weighted by Crippen LogP contribution is 2.27. The number of nitrogens with one attached hydrogen (secondary N) is 4. The first kappa shape index (κ1) is 23.6. The van der Waals surface area contributed by atoms with Gasteiger partial charge in [-0.3, -0.25) is 19.9 Å². The molecule has 184 valence electrons. The lowest BCUT2D eigenvalue weighted by molar-refractivity contribution is -0.128. The molecule has 0 spiro atoms. The number of carbonyl (C=O) groups is 3. The molecule has 4 N–H and O–H groups in total. The summed E-state index contributed by atoms with van der Waals surface area (Å²) < 4.78 is 0.